The first kappa shape index (κ1) is 13.4. The van der Waals surface area contributed by atoms with E-state index in [1.165, 1.54) is 5.56 Å². The molecule has 1 aromatic heterocycles. The van der Waals surface area contributed by atoms with Crippen LogP contribution in [-0.4, -0.2) is 4.57 Å². The van der Waals surface area contributed by atoms with Crippen LogP contribution in [0.25, 0.3) is 17.1 Å². The highest BCUT2D eigenvalue weighted by Crippen LogP contribution is 2.24. The predicted molar refractivity (Wildman–Crippen MR) is 84.4 cm³/mol. The lowest BCUT2D eigenvalue weighted by molar-refractivity contribution is -0.599. The van der Waals surface area contributed by atoms with Gasteiger partial charge in [-0.2, -0.15) is 4.57 Å². The Balaban J connectivity index is 2.30. The summed E-state index contributed by atoms with van der Waals surface area (Å²) in [7, 11) is 0. The molecule has 0 bridgehead atoms. The molecule has 0 aliphatic carbocycles. The largest absolute Gasteiger partial charge is 0.710 e. The number of aryl methyl sites for hydroxylation is 1. The van der Waals surface area contributed by atoms with Gasteiger partial charge in [0.1, 0.15) is 17.1 Å². The Morgan fingerprint density at radius 2 is 1.48 bits per heavy atom. The number of rotatable bonds is 2. The van der Waals surface area contributed by atoms with Gasteiger partial charge in [0, 0.05) is 13.8 Å². The number of benzene rings is 2. The lowest BCUT2D eigenvalue weighted by Gasteiger charge is -2.07. The Kier molecular flexibility index (Phi) is 3.26. The molecule has 3 nitrogen and oxygen atoms in total. The van der Waals surface area contributed by atoms with Crippen molar-refractivity contribution in [2.45, 2.75) is 20.8 Å². The normalized spacial score (nSPS) is 10.8. The quantitative estimate of drug-likeness (QED) is 0.519. The van der Waals surface area contributed by atoms with Crippen LogP contribution in [0.1, 0.15) is 17.0 Å². The molecule has 21 heavy (non-hydrogen) atoms. The van der Waals surface area contributed by atoms with Gasteiger partial charge in [-0.25, -0.2) is 4.73 Å². The Labute approximate surface area is 124 Å². The summed E-state index contributed by atoms with van der Waals surface area (Å²) < 4.78 is 3.04. The number of imidazole rings is 1. The summed E-state index contributed by atoms with van der Waals surface area (Å²) in [4.78, 5) is 0. The fourth-order valence-corrected chi connectivity index (χ4v) is 2.56. The molecule has 3 rings (SSSR count). The SMILES string of the molecule is Cc1ccc(-n2c(C)c(C)[n+]([O-])c2-c2ccccc2)cc1. The highest BCUT2D eigenvalue weighted by atomic mass is 16.5. The fraction of sp³-hybridized carbons (Fsp3) is 0.167. The molecule has 0 unspecified atom stereocenters. The van der Waals surface area contributed by atoms with E-state index in [-0.39, 0.29) is 0 Å². The van der Waals surface area contributed by atoms with E-state index in [1.807, 2.05) is 60.9 Å². The topological polar surface area (TPSA) is 31.9 Å². The molecule has 0 aliphatic heterocycles. The van der Waals surface area contributed by atoms with E-state index in [1.54, 1.807) is 0 Å². The van der Waals surface area contributed by atoms with Crippen LogP contribution in [0.15, 0.2) is 54.6 Å². The number of nitrogens with zero attached hydrogens (tertiary/aromatic N) is 2. The van der Waals surface area contributed by atoms with Crippen molar-refractivity contribution in [3.8, 4) is 17.1 Å². The molecule has 0 aliphatic rings. The van der Waals surface area contributed by atoms with Crippen molar-refractivity contribution in [1.82, 2.24) is 4.57 Å². The van der Waals surface area contributed by atoms with Crippen molar-refractivity contribution in [2.24, 2.45) is 0 Å². The molecular formula is C18H18N2O. The molecule has 0 saturated heterocycles. The van der Waals surface area contributed by atoms with Crippen LogP contribution in [0, 0.1) is 26.0 Å². The Hall–Kier alpha value is -2.55. The van der Waals surface area contributed by atoms with Gasteiger partial charge in [-0.1, -0.05) is 35.9 Å². The van der Waals surface area contributed by atoms with Crippen LogP contribution < -0.4 is 4.73 Å². The minimum atomic E-state index is 0.662. The summed E-state index contributed by atoms with van der Waals surface area (Å²) >= 11 is 0. The third-order valence-corrected chi connectivity index (χ3v) is 3.89. The maximum Gasteiger partial charge on any atom is 0.297 e. The summed E-state index contributed by atoms with van der Waals surface area (Å²) in [5, 5.41) is 12.5. The Morgan fingerprint density at radius 1 is 0.857 bits per heavy atom. The summed E-state index contributed by atoms with van der Waals surface area (Å²) in [6.45, 7) is 5.90. The van der Waals surface area contributed by atoms with Crippen LogP contribution in [0.2, 0.25) is 0 Å². The van der Waals surface area contributed by atoms with Crippen LogP contribution in [0.5, 0.6) is 0 Å². The standard InChI is InChI=1S/C18H18N2O/c1-13-9-11-17(12-10-13)19-14(2)15(3)20(21)18(19)16-7-5-4-6-8-16/h4-12H,1-3H3. The van der Waals surface area contributed by atoms with E-state index >= 15 is 0 Å². The molecule has 3 heteroatoms. The molecule has 2 aromatic carbocycles. The van der Waals surface area contributed by atoms with Crippen molar-refractivity contribution in [3.05, 3.63) is 76.8 Å². The molecule has 0 N–H and O–H groups in total. The number of aromatic nitrogens is 2. The highest BCUT2D eigenvalue weighted by Gasteiger charge is 2.24. The van der Waals surface area contributed by atoms with Gasteiger partial charge in [0.2, 0.25) is 0 Å². The summed E-state index contributed by atoms with van der Waals surface area (Å²) in [5.41, 5.74) is 4.83. The molecule has 0 fully saturated rings. The van der Waals surface area contributed by atoms with Gasteiger partial charge < -0.3 is 5.21 Å². The van der Waals surface area contributed by atoms with Crippen molar-refractivity contribution >= 4 is 0 Å². The molecule has 0 radical (unpaired) electrons. The minimum Gasteiger partial charge on any atom is -0.710 e. The van der Waals surface area contributed by atoms with Gasteiger partial charge in [0.25, 0.3) is 5.82 Å². The zero-order valence-electron chi connectivity index (χ0n) is 12.5. The molecule has 0 amide bonds. The first-order chi connectivity index (χ1) is 10.1. The molecule has 106 valence electrons. The second kappa shape index (κ2) is 5.09. The smallest absolute Gasteiger partial charge is 0.297 e. The lowest BCUT2D eigenvalue weighted by atomic mass is 10.2. The molecular weight excluding hydrogens is 260 g/mol. The van der Waals surface area contributed by atoms with Gasteiger partial charge in [0.05, 0.1) is 5.56 Å². The van der Waals surface area contributed by atoms with Gasteiger partial charge >= 0.3 is 0 Å². The Morgan fingerprint density at radius 3 is 2.10 bits per heavy atom. The average molecular weight is 278 g/mol. The zero-order chi connectivity index (χ0) is 15.0. The lowest BCUT2D eigenvalue weighted by Crippen LogP contribution is -2.30. The maximum absolute atomic E-state index is 12.5. The average Bonchev–Trinajstić information content (AvgIpc) is 2.73. The van der Waals surface area contributed by atoms with Crippen molar-refractivity contribution < 1.29 is 4.73 Å². The Bertz CT molecular complexity index is 771. The van der Waals surface area contributed by atoms with Crippen LogP contribution in [0.4, 0.5) is 0 Å². The van der Waals surface area contributed by atoms with E-state index in [4.69, 9.17) is 0 Å². The van der Waals surface area contributed by atoms with Gasteiger partial charge in [-0.15, -0.1) is 0 Å². The van der Waals surface area contributed by atoms with E-state index in [0.29, 0.717) is 5.82 Å². The number of hydrogen-bond donors (Lipinski definition) is 0. The second-order valence-electron chi connectivity index (χ2n) is 5.33. The van der Waals surface area contributed by atoms with Gasteiger partial charge in [-0.3, -0.25) is 0 Å². The van der Waals surface area contributed by atoms with Crippen LogP contribution in [-0.2, 0) is 0 Å². The van der Waals surface area contributed by atoms with Crippen molar-refractivity contribution in [3.63, 3.8) is 0 Å². The van der Waals surface area contributed by atoms with Crippen LogP contribution in [0.3, 0.4) is 0 Å². The third-order valence-electron chi connectivity index (χ3n) is 3.89. The highest BCUT2D eigenvalue weighted by molar-refractivity contribution is 5.57. The van der Waals surface area contributed by atoms with Gasteiger partial charge in [0.15, 0.2) is 0 Å². The molecule has 3 aromatic rings. The van der Waals surface area contributed by atoms with Crippen molar-refractivity contribution in [1.29, 1.82) is 0 Å². The first-order valence-electron chi connectivity index (χ1n) is 7.03. The predicted octanol–water partition coefficient (Wildman–Crippen LogP) is 3.70. The molecule has 1 heterocycles. The maximum atomic E-state index is 12.5. The second-order valence-corrected chi connectivity index (χ2v) is 5.33. The zero-order valence-corrected chi connectivity index (χ0v) is 12.5. The fourth-order valence-electron chi connectivity index (χ4n) is 2.56. The minimum absolute atomic E-state index is 0.662. The van der Waals surface area contributed by atoms with E-state index in [2.05, 4.69) is 19.1 Å². The van der Waals surface area contributed by atoms with Crippen LogP contribution >= 0.6 is 0 Å². The first-order valence-corrected chi connectivity index (χ1v) is 7.03. The van der Waals surface area contributed by atoms with Crippen molar-refractivity contribution in [2.75, 3.05) is 0 Å². The number of hydrogen-bond acceptors (Lipinski definition) is 1. The molecule has 0 saturated carbocycles. The van der Waals surface area contributed by atoms with E-state index in [0.717, 1.165) is 27.4 Å². The summed E-state index contributed by atoms with van der Waals surface area (Å²) in [5.74, 6) is 0.662. The van der Waals surface area contributed by atoms with E-state index < -0.39 is 0 Å². The molecule has 0 atom stereocenters. The monoisotopic (exact) mass is 278 g/mol. The molecule has 0 spiro atoms. The van der Waals surface area contributed by atoms with E-state index in [9.17, 15) is 5.21 Å². The summed E-state index contributed by atoms with van der Waals surface area (Å²) in [6, 6.07) is 18.0. The summed E-state index contributed by atoms with van der Waals surface area (Å²) in [6.07, 6.45) is 0. The third kappa shape index (κ3) is 2.21. The van der Waals surface area contributed by atoms with Gasteiger partial charge in [-0.05, 0) is 31.2 Å².